The summed E-state index contributed by atoms with van der Waals surface area (Å²) < 4.78 is 0. The lowest BCUT2D eigenvalue weighted by atomic mass is 9.81. The molecule has 1 heteroatoms. The number of rotatable bonds is 5. The summed E-state index contributed by atoms with van der Waals surface area (Å²) in [6.07, 6.45) is 13.1. The van der Waals surface area contributed by atoms with Crippen molar-refractivity contribution in [3.8, 4) is 0 Å². The smallest absolute Gasteiger partial charge is 0.00698 e. The Kier molecular flexibility index (Phi) is 5.34. The molecule has 17 heavy (non-hydrogen) atoms. The maximum absolute atomic E-state index is 3.81. The molecule has 0 radical (unpaired) electrons. The summed E-state index contributed by atoms with van der Waals surface area (Å²) in [7, 11) is 0. The van der Waals surface area contributed by atoms with E-state index in [4.69, 9.17) is 0 Å². The van der Waals surface area contributed by atoms with Gasteiger partial charge < -0.3 is 5.32 Å². The second-order valence-corrected chi connectivity index (χ2v) is 6.66. The van der Waals surface area contributed by atoms with Gasteiger partial charge in [-0.15, -0.1) is 0 Å². The van der Waals surface area contributed by atoms with Gasteiger partial charge in [0.1, 0.15) is 0 Å². The molecule has 0 amide bonds. The Bertz CT molecular complexity index is 214. The molecule has 0 aliphatic heterocycles. The van der Waals surface area contributed by atoms with Crippen molar-refractivity contribution in [2.24, 2.45) is 17.8 Å². The van der Waals surface area contributed by atoms with Gasteiger partial charge in [0.2, 0.25) is 0 Å². The fourth-order valence-corrected chi connectivity index (χ4v) is 3.94. The molecule has 0 saturated heterocycles. The van der Waals surface area contributed by atoms with Crippen LogP contribution in [0.4, 0.5) is 0 Å². The van der Waals surface area contributed by atoms with Crippen LogP contribution in [0.5, 0.6) is 0 Å². The molecule has 4 unspecified atom stereocenters. The molecule has 0 aromatic heterocycles. The highest BCUT2D eigenvalue weighted by Gasteiger charge is 2.23. The van der Waals surface area contributed by atoms with Crippen LogP contribution in [0.3, 0.4) is 0 Å². The number of nitrogens with one attached hydrogen (secondary N) is 1. The molecule has 0 heterocycles. The molecule has 2 aliphatic rings. The first kappa shape index (κ1) is 13.4. The van der Waals surface area contributed by atoms with Gasteiger partial charge in [-0.1, -0.05) is 39.5 Å². The Labute approximate surface area is 108 Å². The maximum Gasteiger partial charge on any atom is 0.00698 e. The molecule has 2 saturated carbocycles. The molecule has 100 valence electrons. The van der Waals surface area contributed by atoms with E-state index >= 15 is 0 Å². The van der Waals surface area contributed by atoms with Crippen molar-refractivity contribution in [3.05, 3.63) is 0 Å². The molecule has 4 atom stereocenters. The fourth-order valence-electron chi connectivity index (χ4n) is 3.94. The first-order valence-corrected chi connectivity index (χ1v) is 8.01. The Morgan fingerprint density at radius 2 is 1.88 bits per heavy atom. The highest BCUT2D eigenvalue weighted by Crippen LogP contribution is 2.31. The summed E-state index contributed by atoms with van der Waals surface area (Å²) in [5.74, 6) is 3.03. The van der Waals surface area contributed by atoms with Crippen LogP contribution in [0.2, 0.25) is 0 Å². The summed E-state index contributed by atoms with van der Waals surface area (Å²) in [6.45, 7) is 6.05. The standard InChI is InChI=1S/C16H31N/c1-3-14-7-8-16(12-14)17-10-9-15-6-4-5-13(2)11-15/h13-17H,3-12H2,1-2H3. The highest BCUT2D eigenvalue weighted by molar-refractivity contribution is 4.80. The van der Waals surface area contributed by atoms with Crippen LogP contribution in [-0.4, -0.2) is 12.6 Å². The van der Waals surface area contributed by atoms with E-state index in [1.165, 1.54) is 64.3 Å². The third kappa shape index (κ3) is 4.28. The topological polar surface area (TPSA) is 12.0 Å². The second-order valence-electron chi connectivity index (χ2n) is 6.66. The third-order valence-corrected chi connectivity index (χ3v) is 5.15. The first-order valence-electron chi connectivity index (χ1n) is 8.01. The highest BCUT2D eigenvalue weighted by atomic mass is 14.9. The van der Waals surface area contributed by atoms with Crippen LogP contribution in [0.25, 0.3) is 0 Å². The molecule has 0 aromatic rings. The zero-order chi connectivity index (χ0) is 12.1. The number of hydrogen-bond donors (Lipinski definition) is 1. The van der Waals surface area contributed by atoms with Gasteiger partial charge >= 0.3 is 0 Å². The van der Waals surface area contributed by atoms with Gasteiger partial charge in [-0.2, -0.15) is 0 Å². The molecule has 1 N–H and O–H groups in total. The molecular weight excluding hydrogens is 206 g/mol. The van der Waals surface area contributed by atoms with Crippen LogP contribution in [0, 0.1) is 17.8 Å². The van der Waals surface area contributed by atoms with Gasteiger partial charge in [-0.25, -0.2) is 0 Å². The van der Waals surface area contributed by atoms with E-state index in [1.807, 2.05) is 0 Å². The van der Waals surface area contributed by atoms with E-state index in [9.17, 15) is 0 Å². The minimum absolute atomic E-state index is 0.848. The maximum atomic E-state index is 3.81. The summed E-state index contributed by atoms with van der Waals surface area (Å²) in [4.78, 5) is 0. The molecule has 0 bridgehead atoms. The molecule has 2 rings (SSSR count). The van der Waals surface area contributed by atoms with Crippen molar-refractivity contribution in [2.75, 3.05) is 6.54 Å². The minimum atomic E-state index is 0.848. The van der Waals surface area contributed by atoms with E-state index in [0.29, 0.717) is 0 Å². The van der Waals surface area contributed by atoms with E-state index in [0.717, 1.165) is 23.8 Å². The van der Waals surface area contributed by atoms with Crippen LogP contribution < -0.4 is 5.32 Å². The lowest BCUT2D eigenvalue weighted by Crippen LogP contribution is -2.29. The second kappa shape index (κ2) is 6.78. The lowest BCUT2D eigenvalue weighted by Gasteiger charge is -2.27. The normalized spacial score (nSPS) is 38.5. The summed E-state index contributed by atoms with van der Waals surface area (Å²) in [5, 5.41) is 3.81. The van der Waals surface area contributed by atoms with Crippen LogP contribution in [0.1, 0.15) is 71.6 Å². The van der Waals surface area contributed by atoms with Crippen LogP contribution in [-0.2, 0) is 0 Å². The summed E-state index contributed by atoms with van der Waals surface area (Å²) in [5.41, 5.74) is 0. The average molecular weight is 237 g/mol. The van der Waals surface area contributed by atoms with Crippen molar-refractivity contribution >= 4 is 0 Å². The van der Waals surface area contributed by atoms with E-state index in [1.54, 1.807) is 0 Å². The van der Waals surface area contributed by atoms with E-state index in [2.05, 4.69) is 19.2 Å². The van der Waals surface area contributed by atoms with Crippen molar-refractivity contribution in [3.63, 3.8) is 0 Å². The van der Waals surface area contributed by atoms with Crippen molar-refractivity contribution < 1.29 is 0 Å². The third-order valence-electron chi connectivity index (χ3n) is 5.15. The summed E-state index contributed by atoms with van der Waals surface area (Å²) >= 11 is 0. The van der Waals surface area contributed by atoms with Gasteiger partial charge in [0.15, 0.2) is 0 Å². The molecule has 0 spiro atoms. The molecule has 0 aromatic carbocycles. The monoisotopic (exact) mass is 237 g/mol. The largest absolute Gasteiger partial charge is 0.314 e. The zero-order valence-corrected chi connectivity index (χ0v) is 11.9. The Morgan fingerprint density at radius 1 is 1.00 bits per heavy atom. The van der Waals surface area contributed by atoms with Crippen LogP contribution >= 0.6 is 0 Å². The quantitative estimate of drug-likeness (QED) is 0.748. The Balaban J connectivity index is 1.57. The zero-order valence-electron chi connectivity index (χ0n) is 11.9. The SMILES string of the molecule is CCC1CCC(NCCC2CCCC(C)C2)C1. The Morgan fingerprint density at radius 3 is 2.59 bits per heavy atom. The lowest BCUT2D eigenvalue weighted by molar-refractivity contribution is 0.264. The van der Waals surface area contributed by atoms with Crippen molar-refractivity contribution in [2.45, 2.75) is 77.7 Å². The van der Waals surface area contributed by atoms with Crippen LogP contribution in [0.15, 0.2) is 0 Å². The van der Waals surface area contributed by atoms with E-state index in [-0.39, 0.29) is 0 Å². The minimum Gasteiger partial charge on any atom is -0.314 e. The average Bonchev–Trinajstić information content (AvgIpc) is 2.77. The van der Waals surface area contributed by atoms with Gasteiger partial charge in [0, 0.05) is 6.04 Å². The fraction of sp³-hybridized carbons (Fsp3) is 1.00. The van der Waals surface area contributed by atoms with Crippen molar-refractivity contribution in [1.29, 1.82) is 0 Å². The van der Waals surface area contributed by atoms with E-state index < -0.39 is 0 Å². The Hall–Kier alpha value is -0.0400. The predicted octanol–water partition coefficient (Wildman–Crippen LogP) is 4.37. The molecular formula is C16H31N. The predicted molar refractivity (Wildman–Crippen MR) is 75.2 cm³/mol. The summed E-state index contributed by atoms with van der Waals surface area (Å²) in [6, 6.07) is 0.848. The van der Waals surface area contributed by atoms with Gasteiger partial charge in [-0.05, 0) is 56.4 Å². The molecule has 1 nitrogen and oxygen atoms in total. The number of hydrogen-bond acceptors (Lipinski definition) is 1. The molecule has 2 aliphatic carbocycles. The molecule has 2 fully saturated rings. The van der Waals surface area contributed by atoms with Gasteiger partial charge in [0.05, 0.1) is 0 Å². The van der Waals surface area contributed by atoms with Crippen molar-refractivity contribution in [1.82, 2.24) is 5.32 Å². The van der Waals surface area contributed by atoms with Gasteiger partial charge in [0.25, 0.3) is 0 Å². The first-order chi connectivity index (χ1) is 8.28. The van der Waals surface area contributed by atoms with Gasteiger partial charge in [-0.3, -0.25) is 0 Å².